The number of benzene rings is 6. The number of ketones is 2. The molecule has 0 unspecified atom stereocenters. The van der Waals surface area contributed by atoms with E-state index >= 15 is 0 Å². The summed E-state index contributed by atoms with van der Waals surface area (Å²) in [6.07, 6.45) is -54.8. The molecule has 6 aromatic carbocycles. The van der Waals surface area contributed by atoms with E-state index in [1.807, 2.05) is 34.3 Å². The lowest BCUT2D eigenvalue weighted by molar-refractivity contribution is -0.652. The first-order valence-corrected chi connectivity index (χ1v) is 22.2. The van der Waals surface area contributed by atoms with E-state index in [1.165, 1.54) is 6.92 Å². The van der Waals surface area contributed by atoms with Gasteiger partial charge < -0.3 is 0 Å². The molecule has 3 nitrogen and oxygen atoms in total. The molecule has 0 atom stereocenters. The molecule has 0 amide bonds. The van der Waals surface area contributed by atoms with E-state index in [2.05, 4.69) is 0 Å². The van der Waals surface area contributed by atoms with Crippen molar-refractivity contribution in [2.24, 2.45) is 0 Å². The zero-order chi connectivity index (χ0) is 58.7. The Hall–Kier alpha value is -7.07. The molecule has 0 N–H and O–H groups in total. The third-order valence-electron chi connectivity index (χ3n) is 11.8. The average Bonchev–Trinajstić information content (AvgIpc) is 3.87. The number of fused-ring (bicyclic) bond motifs is 1. The third-order valence-corrected chi connectivity index (χ3v) is 12.8. The molecule has 0 spiro atoms. The molecule has 0 fully saturated rings. The topological polar surface area (TPSA) is 38.0 Å². The van der Waals surface area contributed by atoms with Gasteiger partial charge in [0.1, 0.15) is 10.8 Å². The molecule has 0 aliphatic carbocycles. The van der Waals surface area contributed by atoms with Crippen LogP contribution < -0.4 is 26.4 Å². The minimum Gasteiger partial charge on any atom is -0.294 e. The molecule has 1 heterocycles. The summed E-state index contributed by atoms with van der Waals surface area (Å²) >= 11 is 1.61. The van der Waals surface area contributed by atoms with Crippen LogP contribution in [0.4, 0.5) is 105 Å². The SMILES string of the molecule is CC(=O)c1ccccc1C(=O)C[n+]1csc2ccccc21.FC(F)(F)c1cc([B-](c2cc(C(F)(F)F)cc(C(F)(F)F)c2)(c2cc(C(F)(F)F)cc(C(F)(F)F)c2)c2cc(C(F)(F)F)cc(C(F)(F)F)c2)cc(C(F)(F)F)c1. The Morgan fingerprint density at radius 1 is 0.385 bits per heavy atom. The maximum absolute atomic E-state index is 14.2. The summed E-state index contributed by atoms with van der Waals surface area (Å²) in [6.45, 7) is 1.73. The Kier molecular flexibility index (Phi) is 15.9. The van der Waals surface area contributed by atoms with E-state index in [0.717, 1.165) is 10.2 Å². The highest BCUT2D eigenvalue weighted by Gasteiger charge is 2.47. The van der Waals surface area contributed by atoms with Gasteiger partial charge in [0.05, 0.1) is 44.5 Å². The van der Waals surface area contributed by atoms with E-state index in [9.17, 15) is 115 Å². The normalized spacial score (nSPS) is 13.3. The maximum atomic E-state index is 14.2. The maximum Gasteiger partial charge on any atom is 0.416 e. The van der Waals surface area contributed by atoms with Gasteiger partial charge in [-0.05, 0) is 37.3 Å². The molecule has 0 bridgehead atoms. The van der Waals surface area contributed by atoms with Crippen molar-refractivity contribution < 1.29 is 120 Å². The number of Topliss-reactive ketones (excluding diaryl/α,β-unsaturated/α-hetero) is 2. The third kappa shape index (κ3) is 13.1. The highest BCUT2D eigenvalue weighted by Crippen LogP contribution is 2.41. The predicted octanol–water partition coefficient (Wildman–Crippen LogP) is 14.5. The first-order chi connectivity index (χ1) is 35.4. The predicted molar refractivity (Wildman–Crippen MR) is 233 cm³/mol. The van der Waals surface area contributed by atoms with Crippen molar-refractivity contribution in [1.82, 2.24) is 0 Å². The fourth-order valence-corrected chi connectivity index (χ4v) is 9.33. The minimum atomic E-state index is -6.13. The quantitative estimate of drug-likeness (QED) is 0.0658. The smallest absolute Gasteiger partial charge is 0.294 e. The number of halogens is 24. The van der Waals surface area contributed by atoms with Gasteiger partial charge in [-0.15, -0.1) is 0 Å². The van der Waals surface area contributed by atoms with E-state index in [-0.39, 0.29) is 18.1 Å². The van der Waals surface area contributed by atoms with Crippen LogP contribution in [0, 0.1) is 0 Å². The van der Waals surface area contributed by atoms with E-state index < -0.39 is 195 Å². The van der Waals surface area contributed by atoms with Crippen LogP contribution in [-0.4, -0.2) is 17.7 Å². The Morgan fingerprint density at radius 2 is 0.641 bits per heavy atom. The molecule has 7 aromatic rings. The highest BCUT2D eigenvalue weighted by molar-refractivity contribution is 7.20. The standard InChI is InChI=1S/C32H12BF24.C17H14NO2S/c34-25(35,36)13-1-14(26(37,38)39)6-21(5-13)33(22-7-15(27(40,41)42)2-16(8-22)28(43,44)45,23-9-17(29(46,47)48)3-18(10-23)30(49,50)51)24-11-19(31(52,53)54)4-20(12-24)32(55,56)57;1-12(19)13-6-2-3-7-14(13)16(20)10-18-11-21-17-9-5-4-8-15(17)18/h1-12H;2-9,11H,10H2,1H3/q-1;+1. The first kappa shape index (κ1) is 60.2. The number of hydrogen-bond donors (Lipinski definition) is 0. The van der Waals surface area contributed by atoms with Gasteiger partial charge in [-0.3, -0.25) is 9.59 Å². The second-order valence-electron chi connectivity index (χ2n) is 17.1. The summed E-state index contributed by atoms with van der Waals surface area (Å²) < 4.78 is 344. The van der Waals surface area contributed by atoms with Gasteiger partial charge in [-0.1, -0.05) is 96.3 Å². The van der Waals surface area contributed by atoms with E-state index in [4.69, 9.17) is 0 Å². The van der Waals surface area contributed by atoms with Crippen LogP contribution >= 0.6 is 11.3 Å². The lowest BCUT2D eigenvalue weighted by Crippen LogP contribution is -2.75. The van der Waals surface area contributed by atoms with Crippen molar-refractivity contribution in [3.05, 3.63) is 182 Å². The van der Waals surface area contributed by atoms with Crippen molar-refractivity contribution in [2.45, 2.75) is 62.9 Å². The van der Waals surface area contributed by atoms with Crippen molar-refractivity contribution in [1.29, 1.82) is 0 Å². The molecule has 7 rings (SSSR count). The monoisotopic (exact) mass is 1160 g/mol. The second kappa shape index (κ2) is 20.6. The summed E-state index contributed by atoms with van der Waals surface area (Å²) in [5, 5.41) is 0. The summed E-state index contributed by atoms with van der Waals surface area (Å²) in [5.74, 6) is -0.131. The van der Waals surface area contributed by atoms with Gasteiger partial charge in [-0.2, -0.15) is 132 Å². The Balaban J connectivity index is 0.000000387. The first-order valence-electron chi connectivity index (χ1n) is 21.3. The van der Waals surface area contributed by atoms with Crippen LogP contribution in [0.2, 0.25) is 0 Å². The summed E-state index contributed by atoms with van der Waals surface area (Å²) in [6, 6.07) is 6.14. The summed E-state index contributed by atoms with van der Waals surface area (Å²) in [4.78, 5) is 24.1. The van der Waals surface area contributed by atoms with E-state index in [1.54, 1.807) is 35.6 Å². The molecule has 0 aliphatic rings. The molecular weight excluding hydrogens is 1130 g/mol. The number of alkyl halides is 24. The summed E-state index contributed by atoms with van der Waals surface area (Å²) in [7, 11) is 0. The van der Waals surface area contributed by atoms with Crippen molar-refractivity contribution in [3.63, 3.8) is 0 Å². The zero-order valence-electron chi connectivity index (χ0n) is 38.2. The fourth-order valence-electron chi connectivity index (χ4n) is 8.44. The molecule has 1 aromatic heterocycles. The van der Waals surface area contributed by atoms with Gasteiger partial charge in [0.15, 0.2) is 5.78 Å². The van der Waals surface area contributed by atoms with Gasteiger partial charge in [0.2, 0.25) is 23.4 Å². The molecule has 0 saturated heterocycles. The number of hydrogen-bond acceptors (Lipinski definition) is 3. The van der Waals surface area contributed by atoms with E-state index in [0.29, 0.717) is 11.1 Å². The number of nitrogens with zero attached hydrogens (tertiary/aromatic N) is 1. The van der Waals surface area contributed by atoms with Crippen LogP contribution in [-0.2, 0) is 56.0 Å². The average molecular weight is 1160 g/mol. The molecule has 0 aliphatic heterocycles. The lowest BCUT2D eigenvalue weighted by atomic mass is 9.12. The zero-order valence-corrected chi connectivity index (χ0v) is 39.0. The van der Waals surface area contributed by atoms with Gasteiger partial charge in [0, 0.05) is 17.2 Å². The molecular formula is C49H26BF24NO2S. The van der Waals surface area contributed by atoms with Crippen molar-refractivity contribution in [2.75, 3.05) is 0 Å². The van der Waals surface area contributed by atoms with Crippen LogP contribution in [0.5, 0.6) is 0 Å². The lowest BCUT2D eigenvalue weighted by Gasteiger charge is -2.46. The molecule has 0 saturated carbocycles. The summed E-state index contributed by atoms with van der Waals surface area (Å²) in [5.41, 5.74) is -26.2. The van der Waals surface area contributed by atoms with Gasteiger partial charge in [-0.25, -0.2) is 0 Å². The number of aromatic nitrogens is 1. The number of thiazole rings is 1. The molecule has 78 heavy (non-hydrogen) atoms. The number of para-hydroxylation sites is 1. The highest BCUT2D eigenvalue weighted by atomic mass is 32.1. The van der Waals surface area contributed by atoms with Crippen LogP contribution in [0.3, 0.4) is 0 Å². The van der Waals surface area contributed by atoms with Crippen molar-refractivity contribution >= 4 is 61.1 Å². The van der Waals surface area contributed by atoms with Crippen LogP contribution in [0.25, 0.3) is 10.2 Å². The van der Waals surface area contributed by atoms with Crippen LogP contribution in [0.15, 0.2) is 127 Å². The van der Waals surface area contributed by atoms with Gasteiger partial charge in [0.25, 0.3) is 0 Å². The molecule has 29 heteroatoms. The molecule has 0 radical (unpaired) electrons. The second-order valence-corrected chi connectivity index (χ2v) is 18.0. The largest absolute Gasteiger partial charge is 0.416 e. The van der Waals surface area contributed by atoms with Crippen LogP contribution in [0.1, 0.15) is 72.1 Å². The number of carbonyl (C=O) groups is 2. The Bertz CT molecular complexity index is 2960. The van der Waals surface area contributed by atoms with Crippen molar-refractivity contribution in [3.8, 4) is 0 Å². The number of rotatable bonds is 8. The molecule has 416 valence electrons. The van der Waals surface area contributed by atoms with Gasteiger partial charge >= 0.3 is 49.4 Å². The number of carbonyl (C=O) groups excluding carboxylic acids is 2. The Morgan fingerprint density at radius 3 is 0.910 bits per heavy atom. The minimum absolute atomic E-state index is 0.0469. The fraction of sp³-hybridized carbons (Fsp3) is 0.204. The Labute approximate surface area is 425 Å².